The minimum absolute atomic E-state index is 0.720. The maximum Gasteiger partial charge on any atom is 0.164 e. The molecule has 3 nitrogen and oxygen atoms in total. The van der Waals surface area contributed by atoms with Gasteiger partial charge in [-0.1, -0.05) is 24.6 Å². The Morgan fingerprint density at radius 2 is 2.11 bits per heavy atom. The molecule has 0 N–H and O–H groups in total. The van der Waals surface area contributed by atoms with E-state index in [2.05, 4.69) is 21.5 Å². The monoisotopic (exact) mass is 271 g/mol. The summed E-state index contributed by atoms with van der Waals surface area (Å²) in [5, 5.41) is 0.720. The van der Waals surface area contributed by atoms with E-state index >= 15 is 0 Å². The fourth-order valence-electron chi connectivity index (χ4n) is 2.24. The fraction of sp³-hybridized carbons (Fsp3) is 0.200. The molecule has 0 atom stereocenters. The van der Waals surface area contributed by atoms with Crippen LogP contribution in [-0.4, -0.2) is 14.5 Å². The van der Waals surface area contributed by atoms with Crippen LogP contribution in [0.1, 0.15) is 19.2 Å². The normalized spacial score (nSPS) is 11.1. The van der Waals surface area contributed by atoms with E-state index in [1.165, 1.54) is 0 Å². The van der Waals surface area contributed by atoms with Crippen LogP contribution in [-0.2, 0) is 6.42 Å². The SMILES string of the molecule is CCCc1nc2cccnc2n1-c1cccc(Cl)c1. The molecule has 3 rings (SSSR count). The maximum atomic E-state index is 6.09. The van der Waals surface area contributed by atoms with Gasteiger partial charge in [0.05, 0.1) is 5.69 Å². The standard InChI is InChI=1S/C15H14ClN3/c1-2-5-14-18-13-8-4-9-17-15(13)19(14)12-7-3-6-11(16)10-12/h3-4,6-10H,2,5H2,1H3. The van der Waals surface area contributed by atoms with E-state index < -0.39 is 0 Å². The highest BCUT2D eigenvalue weighted by atomic mass is 35.5. The molecule has 0 bridgehead atoms. The van der Waals surface area contributed by atoms with Gasteiger partial charge in [-0.3, -0.25) is 4.57 Å². The minimum Gasteiger partial charge on any atom is -0.281 e. The number of hydrogen-bond donors (Lipinski definition) is 0. The van der Waals surface area contributed by atoms with Crippen LogP contribution in [0.4, 0.5) is 0 Å². The largest absolute Gasteiger partial charge is 0.281 e. The molecule has 4 heteroatoms. The van der Waals surface area contributed by atoms with Crippen LogP contribution >= 0.6 is 11.6 Å². The van der Waals surface area contributed by atoms with Crippen molar-refractivity contribution in [3.8, 4) is 5.69 Å². The molecule has 0 radical (unpaired) electrons. The summed E-state index contributed by atoms with van der Waals surface area (Å²) in [6.45, 7) is 2.15. The molecule has 96 valence electrons. The first kappa shape index (κ1) is 12.2. The molecule has 0 aliphatic carbocycles. The van der Waals surface area contributed by atoms with E-state index in [0.29, 0.717) is 0 Å². The quantitative estimate of drug-likeness (QED) is 0.720. The Kier molecular flexibility index (Phi) is 3.22. The number of pyridine rings is 1. The van der Waals surface area contributed by atoms with Gasteiger partial charge in [-0.05, 0) is 36.8 Å². The number of aryl methyl sites for hydroxylation is 1. The van der Waals surface area contributed by atoms with Crippen LogP contribution in [0.5, 0.6) is 0 Å². The number of benzene rings is 1. The van der Waals surface area contributed by atoms with Crippen LogP contribution in [0.15, 0.2) is 42.6 Å². The van der Waals surface area contributed by atoms with Gasteiger partial charge in [0, 0.05) is 17.6 Å². The zero-order valence-electron chi connectivity index (χ0n) is 10.7. The van der Waals surface area contributed by atoms with Crippen LogP contribution in [0, 0.1) is 0 Å². The Bertz CT molecular complexity index is 718. The highest BCUT2D eigenvalue weighted by Gasteiger charge is 2.12. The number of halogens is 1. The third-order valence-corrected chi connectivity index (χ3v) is 3.26. The van der Waals surface area contributed by atoms with Gasteiger partial charge < -0.3 is 0 Å². The lowest BCUT2D eigenvalue weighted by Gasteiger charge is -2.08. The topological polar surface area (TPSA) is 30.7 Å². The Morgan fingerprint density at radius 3 is 2.89 bits per heavy atom. The van der Waals surface area contributed by atoms with Crippen molar-refractivity contribution >= 4 is 22.8 Å². The van der Waals surface area contributed by atoms with Crippen molar-refractivity contribution in [2.75, 3.05) is 0 Å². The van der Waals surface area contributed by atoms with Crippen molar-refractivity contribution in [3.05, 3.63) is 53.4 Å². The van der Waals surface area contributed by atoms with Gasteiger partial charge in [-0.25, -0.2) is 9.97 Å². The third kappa shape index (κ3) is 2.22. The lowest BCUT2D eigenvalue weighted by atomic mass is 10.3. The zero-order chi connectivity index (χ0) is 13.2. The molecule has 2 heterocycles. The summed E-state index contributed by atoms with van der Waals surface area (Å²) in [6, 6.07) is 11.7. The first-order chi connectivity index (χ1) is 9.29. The predicted molar refractivity (Wildman–Crippen MR) is 77.9 cm³/mol. The number of aromatic nitrogens is 3. The molecule has 0 amide bonds. The first-order valence-corrected chi connectivity index (χ1v) is 6.75. The highest BCUT2D eigenvalue weighted by molar-refractivity contribution is 6.30. The van der Waals surface area contributed by atoms with Crippen LogP contribution in [0.2, 0.25) is 5.02 Å². The molecule has 0 saturated heterocycles. The third-order valence-electron chi connectivity index (χ3n) is 3.03. The molecule has 0 aliphatic heterocycles. The number of imidazole rings is 1. The smallest absolute Gasteiger partial charge is 0.164 e. The maximum absolute atomic E-state index is 6.09. The van der Waals surface area contributed by atoms with E-state index in [-0.39, 0.29) is 0 Å². The van der Waals surface area contributed by atoms with Gasteiger partial charge in [-0.15, -0.1) is 0 Å². The zero-order valence-corrected chi connectivity index (χ0v) is 11.4. The van der Waals surface area contributed by atoms with E-state index in [4.69, 9.17) is 11.6 Å². The van der Waals surface area contributed by atoms with Crippen molar-refractivity contribution in [2.24, 2.45) is 0 Å². The van der Waals surface area contributed by atoms with E-state index in [1.807, 2.05) is 36.4 Å². The summed E-state index contributed by atoms with van der Waals surface area (Å²) in [5.74, 6) is 1.03. The summed E-state index contributed by atoms with van der Waals surface area (Å²) in [4.78, 5) is 9.11. The highest BCUT2D eigenvalue weighted by Crippen LogP contribution is 2.22. The van der Waals surface area contributed by atoms with E-state index in [0.717, 1.165) is 40.5 Å². The molecule has 3 aromatic rings. The predicted octanol–water partition coefficient (Wildman–Crippen LogP) is 4.03. The average molecular weight is 272 g/mol. The first-order valence-electron chi connectivity index (χ1n) is 6.38. The lowest BCUT2D eigenvalue weighted by Crippen LogP contribution is -2.01. The van der Waals surface area contributed by atoms with Gasteiger partial charge in [0.15, 0.2) is 5.65 Å². The molecular weight excluding hydrogens is 258 g/mol. The lowest BCUT2D eigenvalue weighted by molar-refractivity contribution is 0.815. The molecule has 0 aliphatic rings. The van der Waals surface area contributed by atoms with Gasteiger partial charge in [0.2, 0.25) is 0 Å². The Balaban J connectivity index is 2.28. The fourth-order valence-corrected chi connectivity index (χ4v) is 2.42. The molecule has 1 aromatic carbocycles. The van der Waals surface area contributed by atoms with E-state index in [9.17, 15) is 0 Å². The molecule has 0 unspecified atom stereocenters. The summed E-state index contributed by atoms with van der Waals surface area (Å²) in [5.41, 5.74) is 2.82. The van der Waals surface area contributed by atoms with Crippen LogP contribution < -0.4 is 0 Å². The summed E-state index contributed by atoms with van der Waals surface area (Å²) in [7, 11) is 0. The van der Waals surface area contributed by atoms with Gasteiger partial charge in [0.1, 0.15) is 11.3 Å². The minimum atomic E-state index is 0.720. The number of hydrogen-bond acceptors (Lipinski definition) is 2. The summed E-state index contributed by atoms with van der Waals surface area (Å²) < 4.78 is 2.09. The Morgan fingerprint density at radius 1 is 1.21 bits per heavy atom. The van der Waals surface area contributed by atoms with Crippen molar-refractivity contribution in [2.45, 2.75) is 19.8 Å². The number of fused-ring (bicyclic) bond motifs is 1. The molecule has 0 spiro atoms. The average Bonchev–Trinajstić information content (AvgIpc) is 2.77. The summed E-state index contributed by atoms with van der Waals surface area (Å²) in [6.07, 6.45) is 3.76. The molecular formula is C15H14ClN3. The van der Waals surface area contributed by atoms with Crippen molar-refractivity contribution in [1.29, 1.82) is 0 Å². The van der Waals surface area contributed by atoms with Gasteiger partial charge in [-0.2, -0.15) is 0 Å². The Hall–Kier alpha value is -1.87. The van der Waals surface area contributed by atoms with Crippen LogP contribution in [0.3, 0.4) is 0 Å². The number of rotatable bonds is 3. The van der Waals surface area contributed by atoms with Gasteiger partial charge in [0.25, 0.3) is 0 Å². The second-order valence-corrected chi connectivity index (χ2v) is 4.88. The number of nitrogens with zero attached hydrogens (tertiary/aromatic N) is 3. The van der Waals surface area contributed by atoms with Crippen molar-refractivity contribution < 1.29 is 0 Å². The van der Waals surface area contributed by atoms with Crippen LogP contribution in [0.25, 0.3) is 16.9 Å². The Labute approximate surface area is 116 Å². The molecule has 0 saturated carbocycles. The van der Waals surface area contributed by atoms with E-state index in [1.54, 1.807) is 6.20 Å². The van der Waals surface area contributed by atoms with Crippen molar-refractivity contribution in [1.82, 2.24) is 14.5 Å². The summed E-state index contributed by atoms with van der Waals surface area (Å²) >= 11 is 6.09. The second-order valence-electron chi connectivity index (χ2n) is 4.44. The molecule has 19 heavy (non-hydrogen) atoms. The second kappa shape index (κ2) is 5.02. The molecule has 2 aromatic heterocycles. The molecule has 0 fully saturated rings. The van der Waals surface area contributed by atoms with Gasteiger partial charge >= 0.3 is 0 Å². The van der Waals surface area contributed by atoms with Crippen molar-refractivity contribution in [3.63, 3.8) is 0 Å².